The maximum absolute atomic E-state index is 12.2. The predicted molar refractivity (Wildman–Crippen MR) is 78.6 cm³/mol. The van der Waals surface area contributed by atoms with Gasteiger partial charge in [-0.15, -0.1) is 11.3 Å². The molecule has 0 radical (unpaired) electrons. The van der Waals surface area contributed by atoms with Gasteiger partial charge in [0.15, 0.2) is 5.69 Å². The lowest BCUT2D eigenvalue weighted by atomic mass is 10.1. The third kappa shape index (κ3) is 4.59. The van der Waals surface area contributed by atoms with Crippen LogP contribution in [0.15, 0.2) is 5.38 Å². The molecule has 1 heterocycles. The summed E-state index contributed by atoms with van der Waals surface area (Å²) in [6.45, 7) is 8.44. The van der Waals surface area contributed by atoms with Gasteiger partial charge in [0, 0.05) is 17.8 Å². The summed E-state index contributed by atoms with van der Waals surface area (Å²) < 4.78 is 4.63. The van der Waals surface area contributed by atoms with Crippen LogP contribution < -0.4 is 0 Å². The number of hydrogen-bond donors (Lipinski definition) is 0. The zero-order valence-electron chi connectivity index (χ0n) is 12.7. The quantitative estimate of drug-likeness (QED) is 0.758. The highest BCUT2D eigenvalue weighted by molar-refractivity contribution is 7.09. The van der Waals surface area contributed by atoms with Gasteiger partial charge in [-0.3, -0.25) is 4.79 Å². The van der Waals surface area contributed by atoms with Crippen molar-refractivity contribution < 1.29 is 14.3 Å². The summed E-state index contributed by atoms with van der Waals surface area (Å²) in [5.41, 5.74) is 0.299. The highest BCUT2D eigenvalue weighted by Crippen LogP contribution is 2.16. The normalized spacial score (nSPS) is 10.9. The largest absolute Gasteiger partial charge is 0.464 e. The Morgan fingerprint density at radius 3 is 2.50 bits per heavy atom. The van der Waals surface area contributed by atoms with Crippen molar-refractivity contribution >= 4 is 23.2 Å². The molecule has 0 saturated heterocycles. The fourth-order valence-electron chi connectivity index (χ4n) is 1.75. The van der Waals surface area contributed by atoms with Crippen LogP contribution in [0.25, 0.3) is 0 Å². The first kappa shape index (κ1) is 16.6. The topological polar surface area (TPSA) is 59.5 Å². The van der Waals surface area contributed by atoms with Gasteiger partial charge in [-0.2, -0.15) is 0 Å². The molecule has 0 spiro atoms. The number of rotatable bonds is 6. The Kier molecular flexibility index (Phi) is 6.13. The Morgan fingerprint density at radius 2 is 2.00 bits per heavy atom. The lowest BCUT2D eigenvalue weighted by Crippen LogP contribution is -2.36. The number of ether oxygens (including phenoxy) is 1. The van der Waals surface area contributed by atoms with Gasteiger partial charge in [-0.1, -0.05) is 13.8 Å². The summed E-state index contributed by atoms with van der Waals surface area (Å²) in [5, 5.41) is 2.41. The van der Waals surface area contributed by atoms with E-state index >= 15 is 0 Å². The third-order valence-corrected chi connectivity index (χ3v) is 3.61. The van der Waals surface area contributed by atoms with Gasteiger partial charge in [0.25, 0.3) is 0 Å². The van der Waals surface area contributed by atoms with E-state index in [1.54, 1.807) is 10.3 Å². The molecule has 0 aliphatic rings. The fourth-order valence-corrected chi connectivity index (χ4v) is 2.51. The number of methoxy groups -OCH3 is 1. The number of thiazole rings is 1. The molecule has 0 aliphatic carbocycles. The minimum atomic E-state index is -0.447. The Morgan fingerprint density at radius 1 is 1.35 bits per heavy atom. The van der Waals surface area contributed by atoms with Crippen LogP contribution in [-0.4, -0.2) is 34.9 Å². The molecule has 20 heavy (non-hydrogen) atoms. The molecule has 1 rings (SSSR count). The number of aromatic nitrogens is 1. The first-order valence-electron chi connectivity index (χ1n) is 6.67. The molecule has 0 fully saturated rings. The fraction of sp³-hybridized carbons (Fsp3) is 0.643. The van der Waals surface area contributed by atoms with Gasteiger partial charge in [-0.05, 0) is 19.8 Å². The van der Waals surface area contributed by atoms with Crippen LogP contribution >= 0.6 is 11.3 Å². The van der Waals surface area contributed by atoms with E-state index in [-0.39, 0.29) is 11.9 Å². The molecule has 0 bridgehead atoms. The maximum Gasteiger partial charge on any atom is 0.357 e. The van der Waals surface area contributed by atoms with Crippen molar-refractivity contribution in [2.45, 2.75) is 46.7 Å². The Bertz CT molecular complexity index is 469. The van der Waals surface area contributed by atoms with Crippen LogP contribution in [0.4, 0.5) is 0 Å². The second kappa shape index (κ2) is 7.38. The smallest absolute Gasteiger partial charge is 0.357 e. The van der Waals surface area contributed by atoms with E-state index in [1.807, 2.05) is 27.7 Å². The van der Waals surface area contributed by atoms with Crippen LogP contribution in [-0.2, 0) is 16.1 Å². The van der Waals surface area contributed by atoms with E-state index in [9.17, 15) is 9.59 Å². The summed E-state index contributed by atoms with van der Waals surface area (Å²) in [6, 6.07) is 0.103. The first-order valence-corrected chi connectivity index (χ1v) is 7.55. The van der Waals surface area contributed by atoms with Crippen molar-refractivity contribution in [3.8, 4) is 0 Å². The van der Waals surface area contributed by atoms with Gasteiger partial charge in [0.2, 0.25) is 5.91 Å². The van der Waals surface area contributed by atoms with Crippen molar-refractivity contribution in [2.24, 2.45) is 5.92 Å². The lowest BCUT2D eigenvalue weighted by Gasteiger charge is -2.26. The molecule has 0 atom stereocenters. The molecule has 5 nitrogen and oxygen atoms in total. The van der Waals surface area contributed by atoms with E-state index in [4.69, 9.17) is 0 Å². The first-order chi connectivity index (χ1) is 9.35. The van der Waals surface area contributed by atoms with E-state index in [0.29, 0.717) is 24.6 Å². The van der Waals surface area contributed by atoms with Crippen LogP contribution in [0.5, 0.6) is 0 Å². The number of amides is 1. The molecule has 1 amide bonds. The minimum absolute atomic E-state index is 0.103. The monoisotopic (exact) mass is 298 g/mol. The zero-order valence-corrected chi connectivity index (χ0v) is 13.5. The predicted octanol–water partition coefficient (Wildman–Crippen LogP) is 2.71. The second-order valence-corrected chi connectivity index (χ2v) is 6.27. The number of carbonyl (C=O) groups excluding carboxylic acids is 2. The lowest BCUT2D eigenvalue weighted by molar-refractivity contribution is -0.134. The van der Waals surface area contributed by atoms with Gasteiger partial charge >= 0.3 is 5.97 Å². The van der Waals surface area contributed by atoms with E-state index in [1.165, 1.54) is 18.4 Å². The number of carbonyl (C=O) groups is 2. The number of nitrogens with zero attached hydrogens (tertiary/aromatic N) is 2. The summed E-state index contributed by atoms with van der Waals surface area (Å²) in [5.74, 6) is -0.00685. The highest BCUT2D eigenvalue weighted by Gasteiger charge is 2.20. The zero-order chi connectivity index (χ0) is 15.3. The Hall–Kier alpha value is -1.43. The maximum atomic E-state index is 12.2. The van der Waals surface area contributed by atoms with Crippen LogP contribution in [0.1, 0.15) is 49.6 Å². The van der Waals surface area contributed by atoms with E-state index < -0.39 is 5.97 Å². The molecule has 1 aromatic heterocycles. The molecular formula is C14H22N2O3S. The molecule has 112 valence electrons. The van der Waals surface area contributed by atoms with Crippen molar-refractivity contribution in [3.05, 3.63) is 16.1 Å². The number of hydrogen-bond acceptors (Lipinski definition) is 5. The van der Waals surface area contributed by atoms with Gasteiger partial charge in [0.05, 0.1) is 13.7 Å². The van der Waals surface area contributed by atoms with Crippen LogP contribution in [0.3, 0.4) is 0 Å². The molecule has 0 N–H and O–H groups in total. The Labute approximate surface area is 124 Å². The van der Waals surface area contributed by atoms with Gasteiger partial charge in [0.1, 0.15) is 5.01 Å². The molecule has 0 aromatic carbocycles. The van der Waals surface area contributed by atoms with Crippen molar-refractivity contribution in [3.63, 3.8) is 0 Å². The highest BCUT2D eigenvalue weighted by atomic mass is 32.1. The van der Waals surface area contributed by atoms with Crippen molar-refractivity contribution in [1.29, 1.82) is 0 Å². The van der Waals surface area contributed by atoms with E-state index in [2.05, 4.69) is 9.72 Å². The number of esters is 1. The minimum Gasteiger partial charge on any atom is -0.464 e. The molecule has 6 heteroatoms. The summed E-state index contributed by atoms with van der Waals surface area (Å²) in [4.78, 5) is 29.6. The molecule has 0 saturated carbocycles. The molecule has 0 unspecified atom stereocenters. The van der Waals surface area contributed by atoms with Crippen molar-refractivity contribution in [1.82, 2.24) is 9.88 Å². The van der Waals surface area contributed by atoms with Crippen LogP contribution in [0.2, 0.25) is 0 Å². The molecule has 0 aliphatic heterocycles. The average molecular weight is 298 g/mol. The SMILES string of the molecule is COC(=O)c1csc(CN(C(=O)CC(C)C)C(C)C)n1. The standard InChI is InChI=1S/C14H22N2O3S/c1-9(2)6-13(17)16(10(3)4)7-12-15-11(8-20-12)14(18)19-5/h8-10H,6-7H2,1-5H3. The van der Waals surface area contributed by atoms with Crippen LogP contribution in [0, 0.1) is 5.92 Å². The average Bonchev–Trinajstić information content (AvgIpc) is 2.82. The molecular weight excluding hydrogens is 276 g/mol. The molecule has 1 aromatic rings. The summed E-state index contributed by atoms with van der Waals surface area (Å²) in [6.07, 6.45) is 0.521. The Balaban J connectivity index is 2.78. The summed E-state index contributed by atoms with van der Waals surface area (Å²) in [7, 11) is 1.33. The van der Waals surface area contributed by atoms with Crippen molar-refractivity contribution in [2.75, 3.05) is 7.11 Å². The van der Waals surface area contributed by atoms with E-state index in [0.717, 1.165) is 5.01 Å². The third-order valence-electron chi connectivity index (χ3n) is 2.78. The van der Waals surface area contributed by atoms with Gasteiger partial charge in [-0.25, -0.2) is 9.78 Å². The summed E-state index contributed by atoms with van der Waals surface area (Å²) >= 11 is 1.37. The second-order valence-electron chi connectivity index (χ2n) is 5.33. The van der Waals surface area contributed by atoms with Gasteiger partial charge < -0.3 is 9.64 Å².